The lowest BCUT2D eigenvalue weighted by Crippen LogP contribution is -3.00. The number of carbonyl (C=O) groups excluding carboxylic acids is 1. The van der Waals surface area contributed by atoms with Crippen molar-refractivity contribution in [3.8, 4) is 0 Å². The van der Waals surface area contributed by atoms with Gasteiger partial charge in [0.25, 0.3) is 0 Å². The van der Waals surface area contributed by atoms with Crippen LogP contribution in [0, 0.1) is 3.14 Å². The molecule has 0 unspecified atom stereocenters. The van der Waals surface area contributed by atoms with Gasteiger partial charge < -0.3 is 28.7 Å². The Kier molecular flexibility index (Phi) is 10.2. The fourth-order valence-corrected chi connectivity index (χ4v) is 7.41. The van der Waals surface area contributed by atoms with Gasteiger partial charge in [-0.15, -0.1) is 46.2 Å². The van der Waals surface area contributed by atoms with E-state index < -0.39 is 0 Å². The molecular weight excluding hydrogens is 489 g/mol. The summed E-state index contributed by atoms with van der Waals surface area (Å²) in [5.41, 5.74) is 0. The molecule has 0 amide bonds. The maximum Gasteiger partial charge on any atom is 0.316 e. The first-order valence-electron chi connectivity index (χ1n) is 6.09. The molecule has 2 aromatic heterocycles. The summed E-state index contributed by atoms with van der Waals surface area (Å²) in [5.74, 6) is 1.10. The molecule has 0 aliphatic rings. The Morgan fingerprint density at radius 1 is 1.23 bits per heavy atom. The van der Waals surface area contributed by atoms with E-state index >= 15 is 0 Å². The van der Waals surface area contributed by atoms with Crippen LogP contribution in [0.3, 0.4) is 0 Å². The van der Waals surface area contributed by atoms with Crippen LogP contribution in [-0.2, 0) is 16.1 Å². The zero-order valence-corrected chi connectivity index (χ0v) is 17.9. The Balaban J connectivity index is 0.00000242. The standard InChI is InChI=1S/C13H14NO2S5.HI/c1-16-10(15)9-19-12-11(20-13(17)21-12)18-8-7-14-5-3-2-4-6-14;/h2-6H,7-9H2,1H3;1H/q+1;/p-1. The van der Waals surface area contributed by atoms with Gasteiger partial charge in [0, 0.05) is 12.1 Å². The number of hydrogen-bond donors (Lipinski definition) is 0. The topological polar surface area (TPSA) is 30.2 Å². The van der Waals surface area contributed by atoms with Crippen LogP contribution in [-0.4, -0.2) is 24.6 Å². The largest absolute Gasteiger partial charge is 1.00 e. The van der Waals surface area contributed by atoms with Crippen LogP contribution in [0.25, 0.3) is 0 Å². The van der Waals surface area contributed by atoms with Crippen LogP contribution in [0.5, 0.6) is 0 Å². The summed E-state index contributed by atoms with van der Waals surface area (Å²) < 4.78 is 10.1. The van der Waals surface area contributed by atoms with Crippen molar-refractivity contribution in [2.45, 2.75) is 15.0 Å². The summed E-state index contributed by atoms with van der Waals surface area (Å²) >= 11 is 11.8. The Morgan fingerprint density at radius 3 is 2.50 bits per heavy atom. The van der Waals surface area contributed by atoms with Crippen LogP contribution in [0.15, 0.2) is 39.0 Å². The van der Waals surface area contributed by atoms with Crippen molar-refractivity contribution in [2.24, 2.45) is 0 Å². The number of nitrogens with zero attached hydrogens (tertiary/aromatic N) is 1. The molecule has 0 fully saturated rings. The van der Waals surface area contributed by atoms with Crippen molar-refractivity contribution < 1.29 is 38.1 Å². The van der Waals surface area contributed by atoms with Gasteiger partial charge >= 0.3 is 5.97 Å². The van der Waals surface area contributed by atoms with E-state index in [2.05, 4.69) is 21.7 Å². The predicted octanol–water partition coefficient (Wildman–Crippen LogP) is 0.888. The van der Waals surface area contributed by atoms with Crippen LogP contribution >= 0.6 is 58.4 Å². The van der Waals surface area contributed by atoms with Crippen LogP contribution in [0.2, 0.25) is 0 Å². The normalized spacial score (nSPS) is 10.0. The quantitative estimate of drug-likeness (QED) is 0.184. The van der Waals surface area contributed by atoms with E-state index in [1.54, 1.807) is 34.4 Å². The molecule has 2 rings (SSSR count). The molecule has 0 bridgehead atoms. The Morgan fingerprint density at radius 2 is 1.86 bits per heavy atom. The average molecular weight is 503 g/mol. The Hall–Kier alpha value is 0.320. The number of pyridine rings is 1. The second-order valence-corrected chi connectivity index (χ2v) is 9.69. The second kappa shape index (κ2) is 11.0. The van der Waals surface area contributed by atoms with Gasteiger partial charge in [-0.2, -0.15) is 0 Å². The first-order chi connectivity index (χ1) is 10.2. The van der Waals surface area contributed by atoms with Crippen molar-refractivity contribution in [1.82, 2.24) is 0 Å². The van der Waals surface area contributed by atoms with Crippen molar-refractivity contribution in [3.63, 3.8) is 0 Å². The highest BCUT2D eigenvalue weighted by Gasteiger charge is 2.12. The molecule has 0 aliphatic heterocycles. The third-order valence-electron chi connectivity index (χ3n) is 2.43. The number of hydrogen-bond acceptors (Lipinski definition) is 7. The van der Waals surface area contributed by atoms with E-state index in [0.717, 1.165) is 19.6 Å². The monoisotopic (exact) mass is 503 g/mol. The molecule has 0 saturated carbocycles. The molecule has 0 N–H and O–H groups in total. The number of aromatic nitrogens is 1. The van der Waals surface area contributed by atoms with Gasteiger partial charge in [0.05, 0.1) is 27.0 Å². The van der Waals surface area contributed by atoms with Gasteiger partial charge in [0.2, 0.25) is 0 Å². The summed E-state index contributed by atoms with van der Waals surface area (Å²) in [7, 11) is 1.41. The van der Waals surface area contributed by atoms with E-state index in [0.29, 0.717) is 5.75 Å². The molecule has 0 radical (unpaired) electrons. The number of esters is 1. The molecule has 120 valence electrons. The van der Waals surface area contributed by atoms with Crippen LogP contribution in [0.1, 0.15) is 0 Å². The summed E-state index contributed by atoms with van der Waals surface area (Å²) in [5, 5.41) is 0. The Bertz CT molecular complexity index is 643. The van der Waals surface area contributed by atoms with E-state index in [-0.39, 0.29) is 29.9 Å². The lowest BCUT2D eigenvalue weighted by atomic mass is 10.5. The summed E-state index contributed by atoms with van der Waals surface area (Å²) in [6.45, 7) is 0.946. The SMILES string of the molecule is COC(=O)CSc1sc(=S)sc1SCC[n+]1ccccc1.[I-]. The number of ether oxygens (including phenoxy) is 1. The van der Waals surface area contributed by atoms with Crippen LogP contribution in [0.4, 0.5) is 0 Å². The average Bonchev–Trinajstić information content (AvgIpc) is 2.86. The van der Waals surface area contributed by atoms with E-state index in [1.165, 1.54) is 23.1 Å². The predicted molar refractivity (Wildman–Crippen MR) is 93.1 cm³/mol. The van der Waals surface area contributed by atoms with E-state index in [1.807, 2.05) is 18.2 Å². The second-order valence-electron chi connectivity index (χ2n) is 3.86. The van der Waals surface area contributed by atoms with Gasteiger partial charge in [0.1, 0.15) is 3.14 Å². The number of carbonyl (C=O) groups is 1. The van der Waals surface area contributed by atoms with Crippen molar-refractivity contribution in [2.75, 3.05) is 18.6 Å². The highest BCUT2D eigenvalue weighted by molar-refractivity contribution is 8.05. The van der Waals surface area contributed by atoms with Crippen LogP contribution < -0.4 is 28.5 Å². The Labute approximate surface area is 168 Å². The smallest absolute Gasteiger partial charge is 0.316 e. The number of methoxy groups -OCH3 is 1. The van der Waals surface area contributed by atoms with Crippen molar-refractivity contribution >= 4 is 64.4 Å². The first-order valence-corrected chi connectivity index (χ1v) is 10.1. The fraction of sp³-hybridized carbons (Fsp3) is 0.308. The maximum absolute atomic E-state index is 11.2. The third-order valence-corrected chi connectivity index (χ3v) is 7.96. The molecule has 0 aliphatic carbocycles. The van der Waals surface area contributed by atoms with Crippen molar-refractivity contribution in [1.29, 1.82) is 0 Å². The minimum atomic E-state index is -0.208. The van der Waals surface area contributed by atoms with Gasteiger partial charge in [-0.05, 0) is 0 Å². The molecule has 2 heterocycles. The molecule has 0 atom stereocenters. The van der Waals surface area contributed by atoms with Gasteiger partial charge in [-0.25, -0.2) is 4.57 Å². The summed E-state index contributed by atoms with van der Waals surface area (Å²) in [6, 6.07) is 6.06. The number of rotatable bonds is 7. The summed E-state index contributed by atoms with van der Waals surface area (Å²) in [4.78, 5) is 11.2. The molecule has 3 nitrogen and oxygen atoms in total. The van der Waals surface area contributed by atoms with E-state index in [4.69, 9.17) is 12.2 Å². The number of halogens is 1. The molecule has 9 heteroatoms. The first kappa shape index (κ1) is 20.4. The molecule has 2 aromatic rings. The molecule has 0 aromatic carbocycles. The fourth-order valence-electron chi connectivity index (χ4n) is 1.44. The maximum atomic E-state index is 11.2. The van der Waals surface area contributed by atoms with Crippen molar-refractivity contribution in [3.05, 3.63) is 33.7 Å². The molecule has 0 spiro atoms. The zero-order chi connectivity index (χ0) is 15.1. The number of thioether (sulfide) groups is 2. The zero-order valence-electron chi connectivity index (χ0n) is 11.7. The highest BCUT2D eigenvalue weighted by Crippen LogP contribution is 2.40. The minimum Gasteiger partial charge on any atom is -1.00 e. The lowest BCUT2D eigenvalue weighted by molar-refractivity contribution is -0.692. The van der Waals surface area contributed by atoms with Gasteiger partial charge in [0.15, 0.2) is 18.9 Å². The molecule has 0 saturated heterocycles. The van der Waals surface area contributed by atoms with E-state index in [9.17, 15) is 4.79 Å². The summed E-state index contributed by atoms with van der Waals surface area (Å²) in [6.07, 6.45) is 4.12. The van der Waals surface area contributed by atoms with Gasteiger partial charge in [-0.1, -0.05) is 18.3 Å². The molecule has 22 heavy (non-hydrogen) atoms. The molecular formula is C13H14INO2S5. The lowest BCUT2D eigenvalue weighted by Gasteiger charge is -2.01. The highest BCUT2D eigenvalue weighted by atomic mass is 127. The minimum absolute atomic E-state index is 0. The van der Waals surface area contributed by atoms with Gasteiger partial charge in [-0.3, -0.25) is 4.79 Å². The number of aryl methyl sites for hydroxylation is 1. The third kappa shape index (κ3) is 6.83.